The van der Waals surface area contributed by atoms with Crippen LogP contribution in [0.4, 0.5) is 4.39 Å². The van der Waals surface area contributed by atoms with Gasteiger partial charge in [0.05, 0.1) is 6.07 Å². The first-order chi connectivity index (χ1) is 5.65. The van der Waals surface area contributed by atoms with Crippen molar-refractivity contribution in [1.82, 2.24) is 0 Å². The molecule has 0 aliphatic carbocycles. The summed E-state index contributed by atoms with van der Waals surface area (Å²) in [5.74, 6) is -0.422. The quantitative estimate of drug-likeness (QED) is 0.686. The molecule has 1 aromatic carbocycles. The monoisotopic (exact) mass is 164 g/mol. The molecule has 12 heavy (non-hydrogen) atoms. The van der Waals surface area contributed by atoms with Crippen molar-refractivity contribution < 1.29 is 4.39 Å². The highest BCUT2D eigenvalue weighted by Gasteiger charge is 2.09. The van der Waals surface area contributed by atoms with E-state index >= 15 is 0 Å². The molecule has 62 valence electrons. The second-order valence-corrected chi connectivity index (χ2v) is 2.63. The van der Waals surface area contributed by atoms with Crippen LogP contribution < -0.4 is 5.73 Å². The summed E-state index contributed by atoms with van der Waals surface area (Å²) in [6, 6.07) is 5.47. The lowest BCUT2D eigenvalue weighted by atomic mass is 10.1. The SMILES string of the molecule is Cc1ccc(F)c([C@H](N)C#N)c1. The fourth-order valence-corrected chi connectivity index (χ4v) is 0.971. The third-order valence-electron chi connectivity index (χ3n) is 1.63. The molecule has 2 nitrogen and oxygen atoms in total. The first kappa shape index (κ1) is 8.69. The zero-order chi connectivity index (χ0) is 9.14. The maximum Gasteiger partial charge on any atom is 0.129 e. The Labute approximate surface area is 70.4 Å². The Morgan fingerprint density at radius 3 is 2.83 bits per heavy atom. The van der Waals surface area contributed by atoms with Crippen LogP contribution >= 0.6 is 0 Å². The van der Waals surface area contributed by atoms with Crippen molar-refractivity contribution in [3.63, 3.8) is 0 Å². The number of hydrogen-bond acceptors (Lipinski definition) is 2. The van der Waals surface area contributed by atoms with Gasteiger partial charge in [0.25, 0.3) is 0 Å². The number of nitrogens with two attached hydrogens (primary N) is 1. The summed E-state index contributed by atoms with van der Waals surface area (Å²) in [4.78, 5) is 0. The average molecular weight is 164 g/mol. The molecule has 0 saturated carbocycles. The summed E-state index contributed by atoms with van der Waals surface area (Å²) in [5, 5.41) is 8.46. The number of rotatable bonds is 1. The predicted molar refractivity (Wildman–Crippen MR) is 43.7 cm³/mol. The highest BCUT2D eigenvalue weighted by atomic mass is 19.1. The molecule has 0 fully saturated rings. The van der Waals surface area contributed by atoms with Crippen molar-refractivity contribution >= 4 is 0 Å². The molecule has 0 amide bonds. The normalized spacial score (nSPS) is 12.2. The van der Waals surface area contributed by atoms with E-state index in [0.717, 1.165) is 5.56 Å². The zero-order valence-corrected chi connectivity index (χ0v) is 6.71. The van der Waals surface area contributed by atoms with E-state index in [9.17, 15) is 4.39 Å². The van der Waals surface area contributed by atoms with E-state index < -0.39 is 11.9 Å². The third-order valence-corrected chi connectivity index (χ3v) is 1.63. The second kappa shape index (κ2) is 3.33. The summed E-state index contributed by atoms with van der Waals surface area (Å²) in [6.45, 7) is 1.83. The number of benzene rings is 1. The van der Waals surface area contributed by atoms with Gasteiger partial charge in [0, 0.05) is 5.56 Å². The summed E-state index contributed by atoms with van der Waals surface area (Å²) in [7, 11) is 0. The van der Waals surface area contributed by atoms with Crippen LogP contribution in [-0.2, 0) is 0 Å². The van der Waals surface area contributed by atoms with Crippen LogP contribution in [0.1, 0.15) is 17.2 Å². The molecular formula is C9H9FN2. The fraction of sp³-hybridized carbons (Fsp3) is 0.222. The average Bonchev–Trinajstić information content (AvgIpc) is 2.08. The van der Waals surface area contributed by atoms with Crippen LogP contribution in [-0.4, -0.2) is 0 Å². The number of hydrogen-bond donors (Lipinski definition) is 1. The topological polar surface area (TPSA) is 49.8 Å². The Kier molecular flexibility index (Phi) is 2.41. The van der Waals surface area contributed by atoms with E-state index in [0.29, 0.717) is 0 Å². The molecule has 0 aliphatic rings. The minimum atomic E-state index is -0.870. The van der Waals surface area contributed by atoms with Crippen molar-refractivity contribution in [2.45, 2.75) is 13.0 Å². The molecule has 3 heteroatoms. The van der Waals surface area contributed by atoms with E-state index in [1.54, 1.807) is 18.2 Å². The van der Waals surface area contributed by atoms with E-state index in [-0.39, 0.29) is 5.56 Å². The van der Waals surface area contributed by atoms with Gasteiger partial charge < -0.3 is 5.73 Å². The minimum absolute atomic E-state index is 0.262. The van der Waals surface area contributed by atoms with Gasteiger partial charge in [-0.2, -0.15) is 5.26 Å². The molecule has 0 bridgehead atoms. The molecule has 0 radical (unpaired) electrons. The molecule has 0 heterocycles. The van der Waals surface area contributed by atoms with E-state index in [2.05, 4.69) is 0 Å². The van der Waals surface area contributed by atoms with Crippen LogP contribution in [0.2, 0.25) is 0 Å². The van der Waals surface area contributed by atoms with Crippen LogP contribution in [0.15, 0.2) is 18.2 Å². The highest BCUT2D eigenvalue weighted by Crippen LogP contribution is 2.15. The molecule has 1 rings (SSSR count). The molecular weight excluding hydrogens is 155 g/mol. The van der Waals surface area contributed by atoms with Crippen LogP contribution in [0, 0.1) is 24.1 Å². The first-order valence-electron chi connectivity index (χ1n) is 3.56. The largest absolute Gasteiger partial charge is 0.312 e. The van der Waals surface area contributed by atoms with Gasteiger partial charge in [-0.1, -0.05) is 17.7 Å². The van der Waals surface area contributed by atoms with Gasteiger partial charge in [-0.05, 0) is 13.0 Å². The third kappa shape index (κ3) is 1.60. The summed E-state index contributed by atoms with van der Waals surface area (Å²) in [5.41, 5.74) is 6.52. The number of halogens is 1. The standard InChI is InChI=1S/C9H9FN2/c1-6-2-3-8(10)7(4-6)9(12)5-11/h2-4,9H,12H2,1H3/t9-/m1/s1. The van der Waals surface area contributed by atoms with Gasteiger partial charge in [-0.15, -0.1) is 0 Å². The summed E-state index contributed by atoms with van der Waals surface area (Å²) < 4.78 is 13.0. The lowest BCUT2D eigenvalue weighted by molar-refractivity contribution is 0.603. The Morgan fingerprint density at radius 1 is 1.58 bits per heavy atom. The van der Waals surface area contributed by atoms with Crippen molar-refractivity contribution in [3.8, 4) is 6.07 Å². The zero-order valence-electron chi connectivity index (χ0n) is 6.71. The predicted octanol–water partition coefficient (Wildman–Crippen LogP) is 1.66. The van der Waals surface area contributed by atoms with Gasteiger partial charge in [-0.25, -0.2) is 4.39 Å². The van der Waals surface area contributed by atoms with Crippen molar-refractivity contribution in [1.29, 1.82) is 5.26 Å². The Balaban J connectivity index is 3.15. The molecule has 0 unspecified atom stereocenters. The van der Waals surface area contributed by atoms with Crippen molar-refractivity contribution in [2.75, 3.05) is 0 Å². The fourth-order valence-electron chi connectivity index (χ4n) is 0.971. The Morgan fingerprint density at radius 2 is 2.25 bits per heavy atom. The summed E-state index contributed by atoms with van der Waals surface area (Å²) in [6.07, 6.45) is 0. The smallest absolute Gasteiger partial charge is 0.129 e. The number of aryl methyl sites for hydroxylation is 1. The summed E-state index contributed by atoms with van der Waals surface area (Å²) >= 11 is 0. The maximum atomic E-state index is 13.0. The maximum absolute atomic E-state index is 13.0. The molecule has 0 aromatic heterocycles. The van der Waals surface area contributed by atoms with Gasteiger partial charge in [-0.3, -0.25) is 0 Å². The van der Waals surface area contributed by atoms with Gasteiger partial charge in [0.15, 0.2) is 0 Å². The minimum Gasteiger partial charge on any atom is -0.312 e. The van der Waals surface area contributed by atoms with Crippen LogP contribution in [0.3, 0.4) is 0 Å². The Hall–Kier alpha value is -1.40. The molecule has 0 saturated heterocycles. The van der Waals surface area contributed by atoms with Crippen LogP contribution in [0.5, 0.6) is 0 Å². The molecule has 0 spiro atoms. The number of nitrogens with zero attached hydrogens (tertiary/aromatic N) is 1. The Bertz CT molecular complexity index is 328. The van der Waals surface area contributed by atoms with E-state index in [1.807, 2.05) is 6.92 Å². The lowest BCUT2D eigenvalue weighted by Gasteiger charge is -2.04. The molecule has 1 atom stereocenters. The van der Waals surface area contributed by atoms with E-state index in [1.165, 1.54) is 6.07 Å². The van der Waals surface area contributed by atoms with Gasteiger partial charge in [0.2, 0.25) is 0 Å². The lowest BCUT2D eigenvalue weighted by Crippen LogP contribution is -2.09. The highest BCUT2D eigenvalue weighted by molar-refractivity contribution is 5.29. The van der Waals surface area contributed by atoms with Crippen LogP contribution in [0.25, 0.3) is 0 Å². The molecule has 0 aliphatic heterocycles. The van der Waals surface area contributed by atoms with Crippen molar-refractivity contribution in [3.05, 3.63) is 35.1 Å². The second-order valence-electron chi connectivity index (χ2n) is 2.63. The molecule has 2 N–H and O–H groups in total. The van der Waals surface area contributed by atoms with Crippen molar-refractivity contribution in [2.24, 2.45) is 5.73 Å². The number of nitriles is 1. The van der Waals surface area contributed by atoms with E-state index in [4.69, 9.17) is 11.0 Å². The molecule has 1 aromatic rings. The van der Waals surface area contributed by atoms with Gasteiger partial charge >= 0.3 is 0 Å². The first-order valence-corrected chi connectivity index (χ1v) is 3.56. The van der Waals surface area contributed by atoms with Gasteiger partial charge in [0.1, 0.15) is 11.9 Å².